The molecule has 114 valence electrons. The Bertz CT molecular complexity index is 538. The number of nitrogens with zero attached hydrogens (tertiary/aromatic N) is 2. The van der Waals surface area contributed by atoms with Crippen LogP contribution in [0.15, 0.2) is 6.20 Å². The SMILES string of the molecule is CC1CC(N)Cn2cc(C34CC5CC(CC(C5)C3)C4)nc21. The molecule has 2 heterocycles. The van der Waals surface area contributed by atoms with Crippen LogP contribution in [0.3, 0.4) is 0 Å². The van der Waals surface area contributed by atoms with Crippen molar-refractivity contribution in [1.82, 2.24) is 9.55 Å². The quantitative estimate of drug-likeness (QED) is 0.861. The largest absolute Gasteiger partial charge is 0.333 e. The Labute approximate surface area is 127 Å². The van der Waals surface area contributed by atoms with Gasteiger partial charge < -0.3 is 10.3 Å². The van der Waals surface area contributed by atoms with Crippen LogP contribution in [-0.2, 0) is 12.0 Å². The Morgan fingerprint density at radius 2 is 1.71 bits per heavy atom. The van der Waals surface area contributed by atoms with E-state index in [9.17, 15) is 0 Å². The van der Waals surface area contributed by atoms with Gasteiger partial charge in [0.25, 0.3) is 0 Å². The van der Waals surface area contributed by atoms with Gasteiger partial charge in [-0.15, -0.1) is 0 Å². The van der Waals surface area contributed by atoms with E-state index in [2.05, 4.69) is 17.7 Å². The summed E-state index contributed by atoms with van der Waals surface area (Å²) in [5.74, 6) is 4.82. The minimum Gasteiger partial charge on any atom is -0.333 e. The third-order valence-electron chi connectivity index (χ3n) is 6.92. The van der Waals surface area contributed by atoms with Crippen molar-refractivity contribution >= 4 is 0 Å². The molecule has 1 aromatic rings. The van der Waals surface area contributed by atoms with Crippen LogP contribution in [0, 0.1) is 17.8 Å². The van der Waals surface area contributed by atoms with Crippen LogP contribution in [-0.4, -0.2) is 15.6 Å². The molecule has 4 saturated carbocycles. The Balaban J connectivity index is 1.55. The van der Waals surface area contributed by atoms with Gasteiger partial charge in [-0.3, -0.25) is 0 Å². The normalized spacial score (nSPS) is 47.6. The van der Waals surface area contributed by atoms with E-state index >= 15 is 0 Å². The number of hydrogen-bond acceptors (Lipinski definition) is 2. The fraction of sp³-hybridized carbons (Fsp3) is 0.833. The van der Waals surface area contributed by atoms with Gasteiger partial charge in [-0.25, -0.2) is 4.98 Å². The van der Waals surface area contributed by atoms with Gasteiger partial charge in [0.1, 0.15) is 5.82 Å². The van der Waals surface area contributed by atoms with Crippen molar-refractivity contribution in [3.8, 4) is 0 Å². The van der Waals surface area contributed by atoms with Crippen LogP contribution in [0.2, 0.25) is 0 Å². The summed E-state index contributed by atoms with van der Waals surface area (Å²) in [5, 5.41) is 0. The molecule has 0 amide bonds. The van der Waals surface area contributed by atoms with E-state index in [0.29, 0.717) is 17.4 Å². The predicted octanol–water partition coefficient (Wildman–Crippen LogP) is 3.19. The van der Waals surface area contributed by atoms with Gasteiger partial charge in [0.15, 0.2) is 0 Å². The molecule has 1 aliphatic heterocycles. The Hall–Kier alpha value is -0.830. The van der Waals surface area contributed by atoms with E-state index in [4.69, 9.17) is 10.7 Å². The molecule has 0 aromatic carbocycles. The van der Waals surface area contributed by atoms with E-state index in [1.165, 1.54) is 50.0 Å². The maximum atomic E-state index is 6.21. The van der Waals surface area contributed by atoms with Crippen LogP contribution in [0.4, 0.5) is 0 Å². The molecule has 0 spiro atoms. The van der Waals surface area contributed by atoms with Crippen LogP contribution in [0.5, 0.6) is 0 Å². The minimum absolute atomic E-state index is 0.311. The lowest BCUT2D eigenvalue weighted by Gasteiger charge is -2.56. The summed E-state index contributed by atoms with van der Waals surface area (Å²) < 4.78 is 2.38. The van der Waals surface area contributed by atoms with E-state index in [0.717, 1.165) is 30.7 Å². The van der Waals surface area contributed by atoms with Crippen molar-refractivity contribution in [2.75, 3.05) is 0 Å². The second kappa shape index (κ2) is 4.13. The van der Waals surface area contributed by atoms with Crippen molar-refractivity contribution in [2.45, 2.75) is 75.8 Å². The molecule has 3 nitrogen and oxygen atoms in total. The summed E-state index contributed by atoms with van der Waals surface area (Å²) in [7, 11) is 0. The van der Waals surface area contributed by atoms with E-state index < -0.39 is 0 Å². The van der Waals surface area contributed by atoms with Crippen LogP contribution in [0.25, 0.3) is 0 Å². The van der Waals surface area contributed by atoms with Gasteiger partial charge in [0, 0.05) is 30.1 Å². The molecular weight excluding hydrogens is 258 g/mol. The zero-order chi connectivity index (χ0) is 14.2. The number of aromatic nitrogens is 2. The summed E-state index contributed by atoms with van der Waals surface area (Å²) in [5.41, 5.74) is 8.07. The molecule has 3 heteroatoms. The van der Waals surface area contributed by atoms with Crippen molar-refractivity contribution in [1.29, 1.82) is 0 Å². The third-order valence-corrected chi connectivity index (χ3v) is 6.92. The van der Waals surface area contributed by atoms with Gasteiger partial charge in [0.05, 0.1) is 5.69 Å². The summed E-state index contributed by atoms with van der Waals surface area (Å²) in [4.78, 5) is 5.16. The Kier molecular flexibility index (Phi) is 2.49. The standard InChI is InChI=1S/C18H27N3/c1-11-2-15(19)9-21-10-16(20-17(11)21)18-6-12-3-13(7-18)5-14(4-12)8-18/h10-15H,2-9,19H2,1H3. The van der Waals surface area contributed by atoms with Crippen molar-refractivity contribution in [2.24, 2.45) is 23.5 Å². The number of imidazole rings is 1. The Morgan fingerprint density at radius 3 is 2.33 bits per heavy atom. The smallest absolute Gasteiger partial charge is 0.111 e. The zero-order valence-corrected chi connectivity index (χ0v) is 13.1. The highest BCUT2D eigenvalue weighted by atomic mass is 15.1. The fourth-order valence-electron chi connectivity index (χ4n) is 6.54. The third kappa shape index (κ3) is 1.79. The number of rotatable bonds is 1. The molecule has 2 atom stereocenters. The molecule has 2 N–H and O–H groups in total. The lowest BCUT2D eigenvalue weighted by molar-refractivity contribution is -0.00710. The molecule has 0 saturated heterocycles. The maximum absolute atomic E-state index is 6.21. The molecule has 6 rings (SSSR count). The molecule has 0 radical (unpaired) electrons. The van der Waals surface area contributed by atoms with Gasteiger partial charge in [-0.2, -0.15) is 0 Å². The second-order valence-corrected chi connectivity index (χ2v) is 8.73. The highest BCUT2D eigenvalue weighted by Gasteiger charge is 2.52. The number of hydrogen-bond donors (Lipinski definition) is 1. The van der Waals surface area contributed by atoms with E-state index in [1.54, 1.807) is 0 Å². The molecule has 4 aliphatic carbocycles. The van der Waals surface area contributed by atoms with Gasteiger partial charge in [-0.05, 0) is 62.7 Å². The van der Waals surface area contributed by atoms with Crippen molar-refractivity contribution < 1.29 is 0 Å². The van der Waals surface area contributed by atoms with Crippen LogP contribution in [0.1, 0.15) is 69.3 Å². The average Bonchev–Trinajstić information content (AvgIpc) is 2.82. The summed E-state index contributed by atoms with van der Waals surface area (Å²) in [6, 6.07) is 0.311. The predicted molar refractivity (Wildman–Crippen MR) is 83.1 cm³/mol. The fourth-order valence-corrected chi connectivity index (χ4v) is 6.54. The first kappa shape index (κ1) is 12.7. The monoisotopic (exact) mass is 285 g/mol. The lowest BCUT2D eigenvalue weighted by Crippen LogP contribution is -2.48. The first-order valence-corrected chi connectivity index (χ1v) is 8.94. The van der Waals surface area contributed by atoms with Gasteiger partial charge in [-0.1, -0.05) is 6.92 Å². The minimum atomic E-state index is 0.311. The average molecular weight is 285 g/mol. The van der Waals surface area contributed by atoms with Crippen LogP contribution < -0.4 is 5.73 Å². The van der Waals surface area contributed by atoms with Crippen molar-refractivity contribution in [3.63, 3.8) is 0 Å². The number of nitrogens with two attached hydrogens (primary N) is 1. The molecule has 5 aliphatic rings. The van der Waals surface area contributed by atoms with Gasteiger partial charge in [0.2, 0.25) is 0 Å². The molecule has 2 unspecified atom stereocenters. The van der Waals surface area contributed by atoms with E-state index in [1.807, 2.05) is 0 Å². The molecule has 4 fully saturated rings. The highest BCUT2D eigenvalue weighted by molar-refractivity contribution is 5.24. The summed E-state index contributed by atoms with van der Waals surface area (Å²) in [6.07, 6.45) is 12.2. The highest BCUT2D eigenvalue weighted by Crippen LogP contribution is 2.60. The van der Waals surface area contributed by atoms with Gasteiger partial charge >= 0.3 is 0 Å². The maximum Gasteiger partial charge on any atom is 0.111 e. The first-order chi connectivity index (χ1) is 10.1. The summed E-state index contributed by atoms with van der Waals surface area (Å²) in [6.45, 7) is 3.26. The molecule has 1 aromatic heterocycles. The summed E-state index contributed by atoms with van der Waals surface area (Å²) >= 11 is 0. The molecular formula is C18H27N3. The van der Waals surface area contributed by atoms with Crippen LogP contribution >= 0.6 is 0 Å². The van der Waals surface area contributed by atoms with E-state index in [-0.39, 0.29) is 0 Å². The molecule has 21 heavy (non-hydrogen) atoms. The zero-order valence-electron chi connectivity index (χ0n) is 13.1. The number of fused-ring (bicyclic) bond motifs is 1. The topological polar surface area (TPSA) is 43.8 Å². The Morgan fingerprint density at radius 1 is 1.10 bits per heavy atom. The lowest BCUT2D eigenvalue weighted by atomic mass is 9.49. The first-order valence-electron chi connectivity index (χ1n) is 8.94. The second-order valence-electron chi connectivity index (χ2n) is 8.73. The molecule has 4 bridgehead atoms. The van der Waals surface area contributed by atoms with Crippen molar-refractivity contribution in [3.05, 3.63) is 17.7 Å².